The quantitative estimate of drug-likeness (QED) is 0.672. The van der Waals surface area contributed by atoms with Crippen molar-refractivity contribution in [2.24, 2.45) is 17.3 Å². The topological polar surface area (TPSA) is 37.3 Å². The molecule has 134 valence electrons. The number of hydrogen-bond acceptors (Lipinski definition) is 3. The minimum atomic E-state index is -0.182. The summed E-state index contributed by atoms with van der Waals surface area (Å²) in [5, 5.41) is 11.9. The Hall–Kier alpha value is -1.87. The first-order chi connectivity index (χ1) is 12.6. The largest absolute Gasteiger partial charge is 0.508 e. The second-order valence-electron chi connectivity index (χ2n) is 8.47. The van der Waals surface area contributed by atoms with E-state index in [1.807, 2.05) is 12.1 Å². The predicted molar refractivity (Wildman–Crippen MR) is 105 cm³/mol. The Morgan fingerprint density at radius 2 is 2.15 bits per heavy atom. The lowest BCUT2D eigenvalue weighted by Crippen LogP contribution is -2.42. The lowest BCUT2D eigenvalue weighted by Gasteiger charge is -2.48. The Balaban J connectivity index is 1.51. The molecule has 0 bridgehead atoms. The Morgan fingerprint density at radius 1 is 1.27 bits per heavy atom. The van der Waals surface area contributed by atoms with E-state index in [0.29, 0.717) is 29.3 Å². The van der Waals surface area contributed by atoms with Crippen LogP contribution in [0.5, 0.6) is 5.75 Å². The molecule has 0 amide bonds. The average molecular weight is 365 g/mol. The van der Waals surface area contributed by atoms with Crippen LogP contribution in [0.15, 0.2) is 41.3 Å². The summed E-state index contributed by atoms with van der Waals surface area (Å²) < 4.78 is 0. The maximum Gasteiger partial charge on any atom is 0.165 e. The molecular weight excluding hydrogens is 340 g/mol. The third kappa shape index (κ3) is 2.33. The SMILES string of the molecule is C[C@]12CCC3c4ccc(O)cc4CCC3C1C/C(=C\c1cccs1)C2=O. The van der Waals surface area contributed by atoms with Crippen LogP contribution >= 0.6 is 11.3 Å². The number of ketones is 1. The first kappa shape index (κ1) is 16.3. The number of thiophene rings is 1. The van der Waals surface area contributed by atoms with Crippen molar-refractivity contribution >= 4 is 23.2 Å². The summed E-state index contributed by atoms with van der Waals surface area (Å²) in [7, 11) is 0. The number of phenols is 1. The summed E-state index contributed by atoms with van der Waals surface area (Å²) in [5.74, 6) is 2.36. The van der Waals surface area contributed by atoms with Crippen LogP contribution in [0.25, 0.3) is 6.08 Å². The molecule has 2 aromatic rings. The molecule has 3 aliphatic rings. The highest BCUT2D eigenvalue weighted by Crippen LogP contribution is 2.60. The standard InChI is InChI=1S/C23H24O2S/c1-23-9-8-19-18-7-5-16(24)11-14(18)4-6-20(19)21(23)13-15(22(23)25)12-17-3-2-10-26-17/h2-3,5,7,10-12,19-21,24H,4,6,8-9,13H2,1H3/b15-12+/t19?,20?,21?,23-/m0/s1. The van der Waals surface area contributed by atoms with Crippen LogP contribution in [0.2, 0.25) is 0 Å². The number of hydrogen-bond donors (Lipinski definition) is 1. The molecule has 1 N–H and O–H groups in total. The number of allylic oxidation sites excluding steroid dienone is 1. The molecule has 3 unspecified atom stereocenters. The first-order valence-corrected chi connectivity index (χ1v) is 10.5. The molecule has 1 heterocycles. The van der Waals surface area contributed by atoms with Gasteiger partial charge in [0.25, 0.3) is 0 Å². The molecule has 4 atom stereocenters. The van der Waals surface area contributed by atoms with Crippen LogP contribution in [-0.2, 0) is 11.2 Å². The molecule has 26 heavy (non-hydrogen) atoms. The molecule has 3 aliphatic carbocycles. The van der Waals surface area contributed by atoms with Crippen LogP contribution in [0, 0.1) is 17.3 Å². The van der Waals surface area contributed by atoms with Crippen molar-refractivity contribution in [3.05, 3.63) is 57.3 Å². The van der Waals surface area contributed by atoms with E-state index in [2.05, 4.69) is 36.6 Å². The van der Waals surface area contributed by atoms with Crippen molar-refractivity contribution in [3.8, 4) is 5.75 Å². The van der Waals surface area contributed by atoms with Crippen LogP contribution in [0.3, 0.4) is 0 Å². The van der Waals surface area contributed by atoms with Crippen molar-refractivity contribution in [2.45, 2.75) is 44.9 Å². The van der Waals surface area contributed by atoms with Crippen LogP contribution in [0.1, 0.15) is 54.5 Å². The maximum atomic E-state index is 13.3. The third-order valence-corrected chi connectivity index (χ3v) is 8.03. The molecule has 5 rings (SSSR count). The van der Waals surface area contributed by atoms with Gasteiger partial charge in [0.1, 0.15) is 5.75 Å². The number of phenolic OH excluding ortho intramolecular Hbond substituents is 1. The van der Waals surface area contributed by atoms with Gasteiger partial charge in [0, 0.05) is 10.3 Å². The van der Waals surface area contributed by atoms with Crippen LogP contribution in [0.4, 0.5) is 0 Å². The second-order valence-corrected chi connectivity index (χ2v) is 9.45. The molecule has 0 saturated heterocycles. The summed E-state index contributed by atoms with van der Waals surface area (Å²) in [6.45, 7) is 2.22. The highest BCUT2D eigenvalue weighted by molar-refractivity contribution is 7.10. The molecule has 3 heteroatoms. The highest BCUT2D eigenvalue weighted by Gasteiger charge is 2.56. The highest BCUT2D eigenvalue weighted by atomic mass is 32.1. The second kappa shape index (κ2) is 5.82. The summed E-state index contributed by atoms with van der Waals surface area (Å²) in [6, 6.07) is 10.1. The van der Waals surface area contributed by atoms with Crippen molar-refractivity contribution in [1.82, 2.24) is 0 Å². The first-order valence-electron chi connectivity index (χ1n) is 9.67. The van der Waals surface area contributed by atoms with Gasteiger partial charge in [-0.15, -0.1) is 11.3 Å². The summed E-state index contributed by atoms with van der Waals surface area (Å²) in [5.41, 5.74) is 3.59. The van der Waals surface area contributed by atoms with Gasteiger partial charge in [0.05, 0.1) is 0 Å². The van der Waals surface area contributed by atoms with Gasteiger partial charge in [-0.25, -0.2) is 0 Å². The van der Waals surface area contributed by atoms with Gasteiger partial charge in [0.2, 0.25) is 0 Å². The van der Waals surface area contributed by atoms with Gasteiger partial charge in [-0.2, -0.15) is 0 Å². The van der Waals surface area contributed by atoms with Crippen molar-refractivity contribution in [3.63, 3.8) is 0 Å². The van der Waals surface area contributed by atoms with E-state index in [1.165, 1.54) is 16.0 Å². The minimum absolute atomic E-state index is 0.182. The van der Waals surface area contributed by atoms with Crippen LogP contribution in [-0.4, -0.2) is 10.9 Å². The fourth-order valence-corrected chi connectivity index (χ4v) is 6.60. The Bertz CT molecular complexity index is 895. The third-order valence-electron chi connectivity index (χ3n) is 7.21. The normalized spacial score (nSPS) is 34.4. The number of aryl methyl sites for hydroxylation is 1. The van der Waals surface area contributed by atoms with Crippen molar-refractivity contribution in [1.29, 1.82) is 0 Å². The zero-order valence-corrected chi connectivity index (χ0v) is 15.9. The Morgan fingerprint density at radius 3 is 2.96 bits per heavy atom. The fourth-order valence-electron chi connectivity index (χ4n) is 5.91. The zero-order chi connectivity index (χ0) is 17.9. The molecule has 0 radical (unpaired) electrons. The fraction of sp³-hybridized carbons (Fsp3) is 0.435. The molecule has 0 spiro atoms. The summed E-state index contributed by atoms with van der Waals surface area (Å²) in [4.78, 5) is 14.4. The summed E-state index contributed by atoms with van der Waals surface area (Å²) in [6.07, 6.45) is 7.31. The molecule has 2 fully saturated rings. The molecule has 2 nitrogen and oxygen atoms in total. The minimum Gasteiger partial charge on any atom is -0.508 e. The monoisotopic (exact) mass is 364 g/mol. The van der Waals surface area contributed by atoms with E-state index in [0.717, 1.165) is 37.7 Å². The molecule has 2 saturated carbocycles. The summed E-state index contributed by atoms with van der Waals surface area (Å²) >= 11 is 1.71. The molecular formula is C23H24O2S. The van der Waals surface area contributed by atoms with Gasteiger partial charge >= 0.3 is 0 Å². The maximum absolute atomic E-state index is 13.3. The van der Waals surface area contributed by atoms with E-state index >= 15 is 0 Å². The number of rotatable bonds is 1. The average Bonchev–Trinajstić information content (AvgIpc) is 3.23. The number of carbonyl (C=O) groups excluding carboxylic acids is 1. The Labute approximate surface area is 158 Å². The number of fused-ring (bicyclic) bond motifs is 5. The predicted octanol–water partition coefficient (Wildman–Crippen LogP) is 5.57. The lowest BCUT2D eigenvalue weighted by molar-refractivity contribution is -0.127. The molecule has 1 aromatic heterocycles. The van der Waals surface area contributed by atoms with E-state index < -0.39 is 0 Å². The van der Waals surface area contributed by atoms with Crippen molar-refractivity contribution in [2.75, 3.05) is 0 Å². The van der Waals surface area contributed by atoms with Crippen molar-refractivity contribution < 1.29 is 9.90 Å². The van der Waals surface area contributed by atoms with Gasteiger partial charge in [-0.3, -0.25) is 4.79 Å². The van der Waals surface area contributed by atoms with Gasteiger partial charge in [0.15, 0.2) is 5.78 Å². The molecule has 1 aromatic carbocycles. The number of aromatic hydroxyl groups is 1. The lowest BCUT2D eigenvalue weighted by atomic mass is 9.55. The van der Waals surface area contributed by atoms with Gasteiger partial charge < -0.3 is 5.11 Å². The van der Waals surface area contributed by atoms with E-state index in [1.54, 1.807) is 11.3 Å². The number of benzene rings is 1. The Kier molecular flexibility index (Phi) is 3.65. The molecule has 0 aliphatic heterocycles. The van der Waals surface area contributed by atoms with E-state index in [-0.39, 0.29) is 5.41 Å². The smallest absolute Gasteiger partial charge is 0.165 e. The van der Waals surface area contributed by atoms with Gasteiger partial charge in [-0.05, 0) is 96.2 Å². The van der Waals surface area contributed by atoms with E-state index in [9.17, 15) is 9.90 Å². The number of carbonyl (C=O) groups is 1. The van der Waals surface area contributed by atoms with Crippen LogP contribution < -0.4 is 0 Å². The number of Topliss-reactive ketones (excluding diaryl/α,β-unsaturated/α-hetero) is 1. The van der Waals surface area contributed by atoms with E-state index in [4.69, 9.17) is 0 Å². The van der Waals surface area contributed by atoms with Gasteiger partial charge in [-0.1, -0.05) is 19.1 Å². The zero-order valence-electron chi connectivity index (χ0n) is 15.1.